The van der Waals surface area contributed by atoms with Gasteiger partial charge in [-0.05, 0) is 49.0 Å². The molecule has 0 unspecified atom stereocenters. The van der Waals surface area contributed by atoms with Crippen LogP contribution >= 0.6 is 34.7 Å². The normalized spacial score (nSPS) is 24.4. The van der Waals surface area contributed by atoms with Gasteiger partial charge in [-0.3, -0.25) is 9.59 Å². The summed E-state index contributed by atoms with van der Waals surface area (Å²) in [5.41, 5.74) is 1.72. The highest BCUT2D eigenvalue weighted by molar-refractivity contribution is 8.01. The number of allylic oxidation sites excluding steroid dienone is 1. The summed E-state index contributed by atoms with van der Waals surface area (Å²) >= 11 is 9.54. The molecule has 0 radical (unpaired) electrons. The molecular weight excluding hydrogens is 410 g/mol. The standard InChI is InChI=1S/C22H30ClNO2S2/c1-22(2)11-16-19(18(26)12-22)21(27-13-14-5-7-15(23)8-6-14)28-20(16)17(25)9-10-24(3)4/h9-10,14-15H,5-8,11-13H2,1-4H3/b10-9+. The van der Waals surface area contributed by atoms with E-state index in [-0.39, 0.29) is 17.0 Å². The number of carbonyl (C=O) groups excluding carboxylic acids is 2. The van der Waals surface area contributed by atoms with Gasteiger partial charge < -0.3 is 4.90 Å². The Balaban J connectivity index is 1.86. The van der Waals surface area contributed by atoms with Crippen molar-refractivity contribution in [1.29, 1.82) is 0 Å². The number of halogens is 1. The number of Topliss-reactive ketones (excluding diaryl/α,β-unsaturated/α-hetero) is 1. The van der Waals surface area contributed by atoms with Gasteiger partial charge in [-0.25, -0.2) is 0 Å². The van der Waals surface area contributed by atoms with E-state index >= 15 is 0 Å². The first-order chi connectivity index (χ1) is 13.2. The van der Waals surface area contributed by atoms with Crippen molar-refractivity contribution in [2.75, 3.05) is 19.8 Å². The van der Waals surface area contributed by atoms with Crippen molar-refractivity contribution < 1.29 is 9.59 Å². The number of carbonyl (C=O) groups is 2. The third kappa shape index (κ3) is 5.22. The second-order valence-corrected chi connectivity index (χ2v) is 12.0. The van der Waals surface area contributed by atoms with Crippen LogP contribution in [0.3, 0.4) is 0 Å². The minimum atomic E-state index is -0.0912. The molecule has 3 rings (SSSR count). The summed E-state index contributed by atoms with van der Waals surface area (Å²) < 4.78 is 1.05. The number of fused-ring (bicyclic) bond motifs is 1. The number of thiophene rings is 1. The second-order valence-electron chi connectivity index (χ2n) is 9.09. The van der Waals surface area contributed by atoms with Gasteiger partial charge in [0.1, 0.15) is 0 Å². The van der Waals surface area contributed by atoms with Crippen LogP contribution in [0.4, 0.5) is 0 Å². The maximum absolute atomic E-state index is 13.0. The summed E-state index contributed by atoms with van der Waals surface area (Å²) in [6, 6.07) is 0. The van der Waals surface area contributed by atoms with E-state index in [1.54, 1.807) is 24.0 Å². The monoisotopic (exact) mass is 439 g/mol. The van der Waals surface area contributed by atoms with Gasteiger partial charge in [-0.2, -0.15) is 0 Å². The molecule has 154 valence electrons. The van der Waals surface area contributed by atoms with Gasteiger partial charge in [-0.15, -0.1) is 34.7 Å². The minimum absolute atomic E-state index is 0.00921. The molecule has 3 nitrogen and oxygen atoms in total. The van der Waals surface area contributed by atoms with Crippen molar-refractivity contribution in [3.05, 3.63) is 28.3 Å². The fourth-order valence-corrected chi connectivity index (χ4v) is 7.07. The van der Waals surface area contributed by atoms with E-state index in [2.05, 4.69) is 13.8 Å². The van der Waals surface area contributed by atoms with Crippen LogP contribution in [0.15, 0.2) is 16.5 Å². The Kier molecular flexibility index (Phi) is 6.99. The Hall–Kier alpha value is -0.780. The molecule has 1 saturated carbocycles. The molecule has 0 aromatic carbocycles. The molecule has 0 bridgehead atoms. The van der Waals surface area contributed by atoms with Crippen molar-refractivity contribution in [1.82, 2.24) is 4.90 Å². The summed E-state index contributed by atoms with van der Waals surface area (Å²) in [6.45, 7) is 4.24. The number of ketones is 2. The number of hydrogen-bond donors (Lipinski definition) is 0. The van der Waals surface area contributed by atoms with E-state index in [9.17, 15) is 9.59 Å². The lowest BCUT2D eigenvalue weighted by Gasteiger charge is -2.29. The maximum atomic E-state index is 13.0. The van der Waals surface area contributed by atoms with Crippen molar-refractivity contribution in [3.8, 4) is 0 Å². The van der Waals surface area contributed by atoms with Crippen LogP contribution in [0, 0.1) is 11.3 Å². The molecule has 0 spiro atoms. The van der Waals surface area contributed by atoms with Gasteiger partial charge >= 0.3 is 0 Å². The average Bonchev–Trinajstić information content (AvgIpc) is 2.96. The van der Waals surface area contributed by atoms with E-state index in [1.165, 1.54) is 11.3 Å². The van der Waals surface area contributed by atoms with E-state index in [1.807, 2.05) is 19.0 Å². The smallest absolute Gasteiger partial charge is 0.197 e. The molecule has 2 aliphatic rings. The summed E-state index contributed by atoms with van der Waals surface area (Å²) in [4.78, 5) is 28.4. The number of alkyl halides is 1. The largest absolute Gasteiger partial charge is 0.383 e. The highest BCUT2D eigenvalue weighted by Gasteiger charge is 2.37. The molecule has 2 aliphatic carbocycles. The fourth-order valence-electron chi connectivity index (χ4n) is 4.03. The molecule has 0 N–H and O–H groups in total. The zero-order valence-corrected chi connectivity index (χ0v) is 19.6. The summed E-state index contributed by atoms with van der Waals surface area (Å²) in [5.74, 6) is 1.87. The Morgan fingerprint density at radius 1 is 1.25 bits per heavy atom. The predicted octanol–water partition coefficient (Wildman–Crippen LogP) is 6.05. The molecule has 1 heterocycles. The molecule has 0 atom stereocenters. The Morgan fingerprint density at radius 2 is 1.93 bits per heavy atom. The Bertz CT molecular complexity index is 774. The molecule has 1 fully saturated rings. The molecule has 0 aliphatic heterocycles. The lowest BCUT2D eigenvalue weighted by Crippen LogP contribution is -2.27. The zero-order chi connectivity index (χ0) is 20.5. The number of nitrogens with zero attached hydrogens (tertiary/aromatic N) is 1. The van der Waals surface area contributed by atoms with Gasteiger partial charge in [0, 0.05) is 49.5 Å². The molecule has 28 heavy (non-hydrogen) atoms. The minimum Gasteiger partial charge on any atom is -0.383 e. The van der Waals surface area contributed by atoms with Crippen molar-refractivity contribution in [2.45, 2.75) is 62.0 Å². The molecule has 1 aromatic rings. The third-order valence-electron chi connectivity index (χ3n) is 5.52. The van der Waals surface area contributed by atoms with Gasteiger partial charge in [0.2, 0.25) is 0 Å². The zero-order valence-electron chi connectivity index (χ0n) is 17.2. The number of rotatable bonds is 6. The van der Waals surface area contributed by atoms with Gasteiger partial charge in [0.15, 0.2) is 11.6 Å². The quantitative estimate of drug-likeness (QED) is 0.234. The lowest BCUT2D eigenvalue weighted by molar-refractivity contribution is 0.0910. The fraction of sp³-hybridized carbons (Fsp3) is 0.636. The summed E-state index contributed by atoms with van der Waals surface area (Å²) in [5, 5.41) is 0.326. The summed E-state index contributed by atoms with van der Waals surface area (Å²) in [6.07, 6.45) is 9.24. The third-order valence-corrected chi connectivity index (χ3v) is 8.71. The highest BCUT2D eigenvalue weighted by Crippen LogP contribution is 2.46. The first-order valence-electron chi connectivity index (χ1n) is 10.0. The second kappa shape index (κ2) is 8.93. The molecular formula is C22H30ClNO2S2. The number of thioether (sulfide) groups is 1. The number of hydrogen-bond acceptors (Lipinski definition) is 5. The van der Waals surface area contributed by atoms with Crippen LogP contribution in [0.5, 0.6) is 0 Å². The molecule has 1 aromatic heterocycles. The maximum Gasteiger partial charge on any atom is 0.197 e. The van der Waals surface area contributed by atoms with Crippen LogP contribution in [-0.2, 0) is 6.42 Å². The molecule has 0 saturated heterocycles. The van der Waals surface area contributed by atoms with Crippen molar-refractivity contribution in [2.24, 2.45) is 11.3 Å². The summed E-state index contributed by atoms with van der Waals surface area (Å²) in [7, 11) is 3.80. The van der Waals surface area contributed by atoms with Crippen molar-refractivity contribution >= 4 is 46.3 Å². The molecule has 0 amide bonds. The van der Waals surface area contributed by atoms with Crippen LogP contribution < -0.4 is 0 Å². The van der Waals surface area contributed by atoms with Crippen LogP contribution in [0.2, 0.25) is 0 Å². The SMILES string of the molecule is CN(C)/C=C/C(=O)c1sc(SCC2CCC(Cl)CC2)c2c1CC(C)(C)CC2=O. The first kappa shape index (κ1) is 21.9. The van der Waals surface area contributed by atoms with Crippen LogP contribution in [0.1, 0.15) is 71.5 Å². The van der Waals surface area contributed by atoms with E-state index in [0.29, 0.717) is 17.7 Å². The predicted molar refractivity (Wildman–Crippen MR) is 120 cm³/mol. The van der Waals surface area contributed by atoms with E-state index in [0.717, 1.165) is 58.1 Å². The van der Waals surface area contributed by atoms with Gasteiger partial charge in [-0.1, -0.05) is 13.8 Å². The Labute approximate surface area is 181 Å². The average molecular weight is 440 g/mol. The van der Waals surface area contributed by atoms with Crippen LogP contribution in [-0.4, -0.2) is 41.7 Å². The highest BCUT2D eigenvalue weighted by atomic mass is 35.5. The lowest BCUT2D eigenvalue weighted by atomic mass is 9.74. The van der Waals surface area contributed by atoms with Crippen LogP contribution in [0.25, 0.3) is 0 Å². The van der Waals surface area contributed by atoms with Crippen molar-refractivity contribution in [3.63, 3.8) is 0 Å². The molecule has 6 heteroatoms. The van der Waals surface area contributed by atoms with E-state index < -0.39 is 0 Å². The first-order valence-corrected chi connectivity index (χ1v) is 12.2. The van der Waals surface area contributed by atoms with Gasteiger partial charge in [0.25, 0.3) is 0 Å². The Morgan fingerprint density at radius 3 is 2.57 bits per heavy atom. The van der Waals surface area contributed by atoms with E-state index in [4.69, 9.17) is 11.6 Å². The van der Waals surface area contributed by atoms with Gasteiger partial charge in [0.05, 0.1) is 9.09 Å². The topological polar surface area (TPSA) is 37.4 Å².